The highest BCUT2D eigenvalue weighted by Gasteiger charge is 2.22. The van der Waals surface area contributed by atoms with E-state index in [0.29, 0.717) is 17.7 Å². The van der Waals surface area contributed by atoms with Gasteiger partial charge >= 0.3 is 11.7 Å². The monoisotopic (exact) mass is 530 g/mol. The number of nitrogens with two attached hydrogens (primary N) is 1. The van der Waals surface area contributed by atoms with Gasteiger partial charge in [0.15, 0.2) is 6.61 Å². The Kier molecular flexibility index (Phi) is 8.63. The number of rotatable bonds is 11. The lowest BCUT2D eigenvalue weighted by Crippen LogP contribution is -2.43. The van der Waals surface area contributed by atoms with Crippen molar-refractivity contribution in [2.75, 3.05) is 12.3 Å². The highest BCUT2D eigenvalue weighted by molar-refractivity contribution is 7.89. The number of ketones is 1. The lowest BCUT2D eigenvalue weighted by molar-refractivity contribution is -0.136. The fourth-order valence-corrected chi connectivity index (χ4v) is 4.32. The van der Waals surface area contributed by atoms with E-state index in [9.17, 15) is 27.6 Å². The van der Waals surface area contributed by atoms with E-state index in [1.165, 1.54) is 43.7 Å². The number of esters is 1. The molecule has 3 rings (SSSR count). The van der Waals surface area contributed by atoms with Crippen molar-refractivity contribution in [3.63, 3.8) is 0 Å². The largest absolute Gasteiger partial charge is 0.468 e. The first-order chi connectivity index (χ1) is 17.5. The van der Waals surface area contributed by atoms with E-state index in [0.717, 1.165) is 15.2 Å². The van der Waals surface area contributed by atoms with Crippen molar-refractivity contribution in [1.82, 2.24) is 13.9 Å². The molecule has 0 radical (unpaired) electrons. The number of carbonyl (C=O) groups is 2. The molecule has 37 heavy (non-hydrogen) atoms. The third kappa shape index (κ3) is 6.51. The fourth-order valence-electron chi connectivity index (χ4n) is 3.33. The number of ether oxygens (including phenoxy) is 1. The molecule has 12 nitrogen and oxygen atoms in total. The minimum absolute atomic E-state index is 0.00106. The van der Waals surface area contributed by atoms with Crippen LogP contribution in [0.25, 0.3) is 6.08 Å². The van der Waals surface area contributed by atoms with Crippen molar-refractivity contribution in [2.24, 2.45) is 7.05 Å². The number of anilines is 1. The van der Waals surface area contributed by atoms with E-state index in [1.807, 2.05) is 0 Å². The lowest BCUT2D eigenvalue weighted by Gasteiger charge is -2.13. The highest BCUT2D eigenvalue weighted by Crippen LogP contribution is 2.13. The second-order valence-corrected chi connectivity index (χ2v) is 9.66. The zero-order valence-electron chi connectivity index (χ0n) is 20.2. The summed E-state index contributed by atoms with van der Waals surface area (Å²) in [6.07, 6.45) is 4.40. The number of aromatic nitrogens is 2. The zero-order valence-corrected chi connectivity index (χ0v) is 21.0. The number of nitrogens with zero attached hydrogens (tertiary/aromatic N) is 2. The van der Waals surface area contributed by atoms with Crippen molar-refractivity contribution in [3.05, 3.63) is 86.5 Å². The van der Waals surface area contributed by atoms with E-state index < -0.39 is 45.2 Å². The predicted molar refractivity (Wildman–Crippen MR) is 134 cm³/mol. The number of benzene rings is 1. The summed E-state index contributed by atoms with van der Waals surface area (Å²) in [6, 6.07) is 8.99. The average molecular weight is 531 g/mol. The Morgan fingerprint density at radius 2 is 1.86 bits per heavy atom. The summed E-state index contributed by atoms with van der Waals surface area (Å²) in [5.74, 6) is -1.53. The van der Waals surface area contributed by atoms with Gasteiger partial charge in [0, 0.05) is 19.7 Å². The smallest absolute Gasteiger partial charge is 0.332 e. The summed E-state index contributed by atoms with van der Waals surface area (Å²) in [5.41, 5.74) is 4.44. The summed E-state index contributed by atoms with van der Waals surface area (Å²) in [6.45, 7) is 1.25. The SMILES string of the molecule is CCCn1c(N)c(C(=O)COC(=O)/C=C/c2ccc(S(=O)(=O)NCc3ccco3)cc2)c(=O)n(C)c1=O. The number of sulfonamides is 1. The molecule has 2 aromatic heterocycles. The minimum atomic E-state index is -3.77. The number of nitrogen functional groups attached to an aromatic ring is 1. The average Bonchev–Trinajstić information content (AvgIpc) is 3.40. The quantitative estimate of drug-likeness (QED) is 0.209. The van der Waals surface area contributed by atoms with Crippen LogP contribution in [-0.4, -0.2) is 35.9 Å². The van der Waals surface area contributed by atoms with Crippen LogP contribution in [0, 0.1) is 0 Å². The number of carbonyl (C=O) groups excluding carboxylic acids is 2. The normalized spacial score (nSPS) is 11.6. The van der Waals surface area contributed by atoms with Gasteiger partial charge < -0.3 is 14.9 Å². The van der Waals surface area contributed by atoms with E-state index in [-0.39, 0.29) is 23.8 Å². The van der Waals surface area contributed by atoms with Crippen molar-refractivity contribution in [2.45, 2.75) is 31.3 Å². The summed E-state index contributed by atoms with van der Waals surface area (Å²) in [7, 11) is -2.54. The molecule has 1 aromatic carbocycles. The van der Waals surface area contributed by atoms with Crippen LogP contribution >= 0.6 is 0 Å². The minimum Gasteiger partial charge on any atom is -0.468 e. The molecule has 0 aliphatic rings. The van der Waals surface area contributed by atoms with E-state index >= 15 is 0 Å². The molecular formula is C24H26N4O8S. The first-order valence-electron chi connectivity index (χ1n) is 11.1. The molecule has 0 fully saturated rings. The molecule has 0 bridgehead atoms. The molecule has 0 aliphatic heterocycles. The van der Waals surface area contributed by atoms with Gasteiger partial charge in [0.2, 0.25) is 15.8 Å². The van der Waals surface area contributed by atoms with Gasteiger partial charge in [-0.3, -0.25) is 18.7 Å². The van der Waals surface area contributed by atoms with Crippen LogP contribution in [0.5, 0.6) is 0 Å². The molecule has 0 aliphatic carbocycles. The standard InChI is InChI=1S/C24H26N4O8S/c1-3-12-28-22(25)21(23(31)27(2)24(28)32)19(29)15-36-20(30)11-8-16-6-9-18(10-7-16)37(33,34)26-14-17-5-4-13-35-17/h4-11,13,26H,3,12,14-15,25H2,1-2H3/b11-8+. The number of hydrogen-bond acceptors (Lipinski definition) is 9. The topological polar surface area (TPSA) is 173 Å². The number of furan rings is 1. The maximum Gasteiger partial charge on any atom is 0.332 e. The second-order valence-electron chi connectivity index (χ2n) is 7.90. The van der Waals surface area contributed by atoms with Crippen LogP contribution in [0.2, 0.25) is 0 Å². The Bertz CT molecular complexity index is 1530. The molecule has 2 heterocycles. The Balaban J connectivity index is 1.62. The summed E-state index contributed by atoms with van der Waals surface area (Å²) >= 11 is 0. The van der Waals surface area contributed by atoms with Crippen LogP contribution in [0.1, 0.15) is 35.0 Å². The van der Waals surface area contributed by atoms with E-state index in [1.54, 1.807) is 19.1 Å². The number of Topliss-reactive ketones (excluding diaryl/α,β-unsaturated/α-hetero) is 1. The van der Waals surface area contributed by atoms with E-state index in [2.05, 4.69) is 4.72 Å². The fraction of sp³-hybridized carbons (Fsp3) is 0.250. The van der Waals surface area contributed by atoms with Crippen LogP contribution in [0.3, 0.4) is 0 Å². The highest BCUT2D eigenvalue weighted by atomic mass is 32.2. The maximum absolute atomic E-state index is 12.6. The van der Waals surface area contributed by atoms with Gasteiger partial charge in [-0.2, -0.15) is 0 Å². The van der Waals surface area contributed by atoms with Gasteiger partial charge in [-0.15, -0.1) is 0 Å². The third-order valence-corrected chi connectivity index (χ3v) is 6.69. The molecule has 0 saturated carbocycles. The molecule has 0 atom stereocenters. The molecule has 0 spiro atoms. The number of nitrogens with one attached hydrogen (secondary N) is 1. The van der Waals surface area contributed by atoms with Gasteiger partial charge in [0.05, 0.1) is 17.7 Å². The molecule has 13 heteroatoms. The third-order valence-electron chi connectivity index (χ3n) is 5.27. The van der Waals surface area contributed by atoms with Gasteiger partial charge in [-0.25, -0.2) is 22.7 Å². The van der Waals surface area contributed by atoms with Crippen LogP contribution < -0.4 is 21.7 Å². The van der Waals surface area contributed by atoms with Crippen LogP contribution in [-0.2, 0) is 39.7 Å². The van der Waals surface area contributed by atoms with Crippen LogP contribution in [0.4, 0.5) is 5.82 Å². The second kappa shape index (κ2) is 11.7. The molecule has 0 amide bonds. The van der Waals surface area contributed by atoms with Gasteiger partial charge in [-0.05, 0) is 42.3 Å². The number of hydrogen-bond donors (Lipinski definition) is 2. The molecule has 0 saturated heterocycles. The maximum atomic E-state index is 12.6. The van der Waals surface area contributed by atoms with Crippen molar-refractivity contribution in [3.8, 4) is 0 Å². The Morgan fingerprint density at radius 1 is 1.16 bits per heavy atom. The van der Waals surface area contributed by atoms with Gasteiger partial charge in [-0.1, -0.05) is 19.1 Å². The molecule has 0 unspecified atom stereocenters. The summed E-state index contributed by atoms with van der Waals surface area (Å²) in [4.78, 5) is 49.3. The van der Waals surface area contributed by atoms with Gasteiger partial charge in [0.25, 0.3) is 5.56 Å². The van der Waals surface area contributed by atoms with Gasteiger partial charge in [0.1, 0.15) is 17.1 Å². The molecular weight excluding hydrogens is 504 g/mol. The molecule has 3 N–H and O–H groups in total. The predicted octanol–water partition coefficient (Wildman–Crippen LogP) is 1.05. The van der Waals surface area contributed by atoms with Crippen LogP contribution in [0.15, 0.2) is 67.6 Å². The van der Waals surface area contributed by atoms with E-state index in [4.69, 9.17) is 14.9 Å². The van der Waals surface area contributed by atoms with Crippen molar-refractivity contribution in [1.29, 1.82) is 0 Å². The lowest BCUT2D eigenvalue weighted by atomic mass is 10.2. The Hall–Kier alpha value is -4.23. The molecule has 196 valence electrons. The first-order valence-corrected chi connectivity index (χ1v) is 12.6. The Labute approximate surface area is 212 Å². The zero-order chi connectivity index (χ0) is 27.2. The molecule has 3 aromatic rings. The Morgan fingerprint density at radius 3 is 2.49 bits per heavy atom. The summed E-state index contributed by atoms with van der Waals surface area (Å²) < 4.78 is 39.1. The summed E-state index contributed by atoms with van der Waals surface area (Å²) in [5, 5.41) is 0. The van der Waals surface area contributed by atoms with Crippen molar-refractivity contribution >= 4 is 33.7 Å². The first kappa shape index (κ1) is 27.4. The van der Waals surface area contributed by atoms with Crippen molar-refractivity contribution < 1.29 is 27.2 Å².